The number of piperidine rings is 1. The van der Waals surface area contributed by atoms with Crippen LogP contribution in [0.5, 0.6) is 0 Å². The summed E-state index contributed by atoms with van der Waals surface area (Å²) in [6, 6.07) is 0.396. The second-order valence-corrected chi connectivity index (χ2v) is 11.5. The molecule has 4 unspecified atom stereocenters. The third-order valence-electron chi connectivity index (χ3n) is 10.5. The molecule has 1 aliphatic heterocycles. The first-order chi connectivity index (χ1) is 12.9. The summed E-state index contributed by atoms with van der Waals surface area (Å²) in [4.78, 5) is 2.64. The Kier molecular flexibility index (Phi) is 4.69. The van der Waals surface area contributed by atoms with Crippen LogP contribution >= 0.6 is 0 Å². The van der Waals surface area contributed by atoms with Crippen LogP contribution < -0.4 is 0 Å². The maximum Gasteiger partial charge on any atom is 0.0698 e. The van der Waals surface area contributed by atoms with Gasteiger partial charge in [0.1, 0.15) is 0 Å². The van der Waals surface area contributed by atoms with E-state index in [9.17, 15) is 10.2 Å². The lowest BCUT2D eigenvalue weighted by molar-refractivity contribution is -0.154. The molecule has 4 aliphatic carbocycles. The molecule has 5 aliphatic rings. The summed E-state index contributed by atoms with van der Waals surface area (Å²) in [5.74, 6) is 3.09. The predicted octanol–water partition coefficient (Wildman–Crippen LogP) is 4.22. The Bertz CT molecular complexity index is 561. The van der Waals surface area contributed by atoms with Crippen molar-refractivity contribution in [2.75, 3.05) is 13.1 Å². The Labute approximate surface area is 165 Å². The van der Waals surface area contributed by atoms with Crippen LogP contribution in [0.4, 0.5) is 0 Å². The van der Waals surface area contributed by atoms with Gasteiger partial charge in [0, 0.05) is 6.04 Å². The molecular formula is C24H41NO2. The first-order valence-corrected chi connectivity index (χ1v) is 12.0. The van der Waals surface area contributed by atoms with Gasteiger partial charge in [-0.1, -0.05) is 20.3 Å². The zero-order valence-corrected chi connectivity index (χ0v) is 17.6. The molecule has 0 aromatic rings. The van der Waals surface area contributed by atoms with Crippen molar-refractivity contribution in [1.82, 2.24) is 4.90 Å². The fourth-order valence-corrected chi connectivity index (χ4v) is 8.87. The number of likely N-dealkylation sites (tertiary alicyclic amines) is 1. The Hall–Kier alpha value is -0.120. The Balaban J connectivity index is 1.40. The highest BCUT2D eigenvalue weighted by atomic mass is 16.3. The van der Waals surface area contributed by atoms with Crippen LogP contribution in [0.3, 0.4) is 0 Å². The molecule has 0 radical (unpaired) electrons. The molecule has 0 bridgehead atoms. The Morgan fingerprint density at radius 1 is 0.815 bits per heavy atom. The Morgan fingerprint density at radius 2 is 1.56 bits per heavy atom. The minimum atomic E-state index is -0.111. The van der Waals surface area contributed by atoms with E-state index < -0.39 is 0 Å². The molecule has 0 aromatic carbocycles. The van der Waals surface area contributed by atoms with Crippen molar-refractivity contribution in [3.8, 4) is 0 Å². The van der Waals surface area contributed by atoms with Gasteiger partial charge < -0.3 is 10.2 Å². The molecule has 0 spiro atoms. The summed E-state index contributed by atoms with van der Waals surface area (Å²) in [6.45, 7) is 7.39. The smallest absolute Gasteiger partial charge is 0.0698 e. The number of fused-ring (bicyclic) bond motifs is 5. The SMILES string of the molecule is C[C@]12C[C@H](N3CCCCC3)[C@@H](O)CC1CCC1C2CC[C@@]2(C)C1CC[C@@H]2O. The standard InChI is InChI=1S/C24H41NO2/c1-23-11-10-19-17(18(23)8-9-22(23)27)7-6-16-14-21(26)20(15-24(16,19)2)25-12-4-3-5-13-25/h16-22,26-27H,3-15H2,1-2H3/t16?,17?,18?,19?,20-,21-,22-,23-,24-/m0/s1. The molecule has 0 amide bonds. The van der Waals surface area contributed by atoms with Crippen molar-refractivity contribution in [3.63, 3.8) is 0 Å². The van der Waals surface area contributed by atoms with Crippen LogP contribution in [0.15, 0.2) is 0 Å². The zero-order chi connectivity index (χ0) is 18.8. The molecule has 4 saturated carbocycles. The minimum Gasteiger partial charge on any atom is -0.393 e. The molecule has 154 valence electrons. The molecule has 3 heteroatoms. The molecule has 5 rings (SSSR count). The van der Waals surface area contributed by atoms with Gasteiger partial charge in [-0.25, -0.2) is 0 Å². The van der Waals surface area contributed by atoms with Crippen molar-refractivity contribution in [3.05, 3.63) is 0 Å². The van der Waals surface area contributed by atoms with Crippen LogP contribution in [0.2, 0.25) is 0 Å². The second-order valence-electron chi connectivity index (χ2n) is 11.5. The summed E-state index contributed by atoms with van der Waals surface area (Å²) in [5.41, 5.74) is 0.587. The topological polar surface area (TPSA) is 43.7 Å². The van der Waals surface area contributed by atoms with E-state index in [0.29, 0.717) is 17.4 Å². The lowest BCUT2D eigenvalue weighted by atomic mass is 9.44. The summed E-state index contributed by atoms with van der Waals surface area (Å²) >= 11 is 0. The highest BCUT2D eigenvalue weighted by molar-refractivity contribution is 5.11. The van der Waals surface area contributed by atoms with Crippen LogP contribution in [0.25, 0.3) is 0 Å². The van der Waals surface area contributed by atoms with Gasteiger partial charge in [-0.2, -0.15) is 0 Å². The quantitative estimate of drug-likeness (QED) is 0.721. The van der Waals surface area contributed by atoms with Crippen molar-refractivity contribution in [2.24, 2.45) is 34.5 Å². The van der Waals surface area contributed by atoms with Gasteiger partial charge in [0.25, 0.3) is 0 Å². The molecule has 27 heavy (non-hydrogen) atoms. The van der Waals surface area contributed by atoms with E-state index in [4.69, 9.17) is 0 Å². The van der Waals surface area contributed by atoms with Gasteiger partial charge in [0.2, 0.25) is 0 Å². The molecule has 3 nitrogen and oxygen atoms in total. The first kappa shape index (κ1) is 18.9. The third kappa shape index (κ3) is 2.78. The van der Waals surface area contributed by atoms with E-state index >= 15 is 0 Å². The monoisotopic (exact) mass is 375 g/mol. The average molecular weight is 376 g/mol. The fraction of sp³-hybridized carbons (Fsp3) is 1.00. The largest absolute Gasteiger partial charge is 0.393 e. The Morgan fingerprint density at radius 3 is 2.33 bits per heavy atom. The first-order valence-electron chi connectivity index (χ1n) is 12.0. The normalized spacial score (nSPS) is 56.2. The van der Waals surface area contributed by atoms with E-state index in [1.165, 1.54) is 70.9 Å². The number of aliphatic hydroxyl groups is 2. The van der Waals surface area contributed by atoms with Crippen LogP contribution in [-0.2, 0) is 0 Å². The van der Waals surface area contributed by atoms with E-state index in [2.05, 4.69) is 18.7 Å². The minimum absolute atomic E-state index is 0.0664. The molecule has 1 heterocycles. The van der Waals surface area contributed by atoms with E-state index in [0.717, 1.165) is 30.6 Å². The molecule has 1 saturated heterocycles. The van der Waals surface area contributed by atoms with Gasteiger partial charge in [-0.15, -0.1) is 0 Å². The molecule has 5 fully saturated rings. The predicted molar refractivity (Wildman–Crippen MR) is 108 cm³/mol. The molecular weight excluding hydrogens is 334 g/mol. The van der Waals surface area contributed by atoms with Gasteiger partial charge in [0.05, 0.1) is 12.2 Å². The van der Waals surface area contributed by atoms with Gasteiger partial charge in [-0.3, -0.25) is 4.90 Å². The number of rotatable bonds is 1. The summed E-state index contributed by atoms with van der Waals surface area (Å²) < 4.78 is 0. The number of hydrogen-bond acceptors (Lipinski definition) is 3. The molecule has 9 atom stereocenters. The van der Waals surface area contributed by atoms with Crippen molar-refractivity contribution in [1.29, 1.82) is 0 Å². The highest BCUT2D eigenvalue weighted by Gasteiger charge is 2.61. The fourth-order valence-electron chi connectivity index (χ4n) is 8.87. The molecule has 0 aromatic heterocycles. The maximum atomic E-state index is 11.0. The van der Waals surface area contributed by atoms with Crippen molar-refractivity contribution < 1.29 is 10.2 Å². The van der Waals surface area contributed by atoms with Crippen molar-refractivity contribution >= 4 is 0 Å². The van der Waals surface area contributed by atoms with Crippen LogP contribution in [-0.4, -0.2) is 46.5 Å². The lowest BCUT2D eigenvalue weighted by Gasteiger charge is -2.62. The number of aliphatic hydroxyl groups excluding tert-OH is 2. The third-order valence-corrected chi connectivity index (χ3v) is 10.5. The van der Waals surface area contributed by atoms with Crippen LogP contribution in [0.1, 0.15) is 84.5 Å². The summed E-state index contributed by atoms with van der Waals surface area (Å²) in [7, 11) is 0. The van der Waals surface area contributed by atoms with Crippen molar-refractivity contribution in [2.45, 2.75) is 103 Å². The van der Waals surface area contributed by atoms with E-state index in [-0.39, 0.29) is 17.6 Å². The second kappa shape index (κ2) is 6.71. The van der Waals surface area contributed by atoms with E-state index in [1.807, 2.05) is 0 Å². The lowest BCUT2D eigenvalue weighted by Crippen LogP contribution is -2.60. The molecule has 2 N–H and O–H groups in total. The summed E-state index contributed by atoms with van der Waals surface area (Å²) in [6.07, 6.45) is 13.5. The van der Waals surface area contributed by atoms with Gasteiger partial charge in [0.15, 0.2) is 0 Å². The van der Waals surface area contributed by atoms with Gasteiger partial charge >= 0.3 is 0 Å². The number of nitrogens with zero attached hydrogens (tertiary/aromatic N) is 1. The zero-order valence-electron chi connectivity index (χ0n) is 17.6. The highest BCUT2D eigenvalue weighted by Crippen LogP contribution is 2.66. The van der Waals surface area contributed by atoms with Gasteiger partial charge in [-0.05, 0) is 112 Å². The average Bonchev–Trinajstić information content (AvgIpc) is 2.97. The summed E-state index contributed by atoms with van der Waals surface area (Å²) in [5, 5.41) is 21.7. The maximum absolute atomic E-state index is 11.0. The van der Waals surface area contributed by atoms with Crippen LogP contribution in [0, 0.1) is 34.5 Å². The van der Waals surface area contributed by atoms with E-state index in [1.54, 1.807) is 0 Å². The number of hydrogen-bond donors (Lipinski definition) is 2.